The third-order valence-corrected chi connectivity index (χ3v) is 3.73. The highest BCUT2D eigenvalue weighted by Crippen LogP contribution is 2.29. The number of amides is 2. The van der Waals surface area contributed by atoms with Crippen LogP contribution in [-0.2, 0) is 11.0 Å². The smallest absolute Gasteiger partial charge is 0.338 e. The van der Waals surface area contributed by atoms with Crippen LogP contribution in [0.2, 0.25) is 0 Å². The number of nitrogens with two attached hydrogens (primary N) is 1. The van der Waals surface area contributed by atoms with Crippen molar-refractivity contribution in [2.75, 3.05) is 26.2 Å². The number of alkyl halides is 3. The Hall–Kier alpha value is -2.09. The van der Waals surface area contributed by atoms with Gasteiger partial charge in [0.15, 0.2) is 0 Å². The van der Waals surface area contributed by atoms with Crippen molar-refractivity contribution in [3.05, 3.63) is 35.4 Å². The fourth-order valence-corrected chi connectivity index (χ4v) is 2.40. The summed E-state index contributed by atoms with van der Waals surface area (Å²) in [6.07, 6.45) is -4.42. The van der Waals surface area contributed by atoms with E-state index in [0.29, 0.717) is 26.2 Å². The Morgan fingerprint density at radius 2 is 1.52 bits per heavy atom. The molecule has 1 fully saturated rings. The molecule has 0 aromatic heterocycles. The first kappa shape index (κ1) is 17.3. The van der Waals surface area contributed by atoms with Crippen molar-refractivity contribution in [2.45, 2.75) is 19.1 Å². The van der Waals surface area contributed by atoms with Crippen LogP contribution < -0.4 is 5.73 Å². The number of rotatable bonds is 2. The van der Waals surface area contributed by atoms with Gasteiger partial charge < -0.3 is 15.5 Å². The van der Waals surface area contributed by atoms with E-state index in [2.05, 4.69) is 0 Å². The highest BCUT2D eigenvalue weighted by Gasteiger charge is 2.31. The predicted molar refractivity (Wildman–Crippen MR) is 77.6 cm³/mol. The fraction of sp³-hybridized carbons (Fsp3) is 0.467. The van der Waals surface area contributed by atoms with Crippen molar-refractivity contribution in [3.8, 4) is 0 Å². The summed E-state index contributed by atoms with van der Waals surface area (Å²) in [5.41, 5.74) is 4.95. The van der Waals surface area contributed by atoms with E-state index < -0.39 is 17.8 Å². The summed E-state index contributed by atoms with van der Waals surface area (Å²) in [5, 5.41) is 0. The summed E-state index contributed by atoms with van der Waals surface area (Å²) in [7, 11) is 0. The molecule has 2 N–H and O–H groups in total. The van der Waals surface area contributed by atoms with Crippen LogP contribution in [0.15, 0.2) is 24.3 Å². The largest absolute Gasteiger partial charge is 0.416 e. The molecule has 1 saturated heterocycles. The van der Waals surface area contributed by atoms with Crippen molar-refractivity contribution in [2.24, 2.45) is 5.73 Å². The molecule has 0 saturated carbocycles. The lowest BCUT2D eigenvalue weighted by Crippen LogP contribution is -2.53. The molecule has 1 aliphatic heterocycles. The molecule has 0 spiro atoms. The van der Waals surface area contributed by atoms with E-state index in [9.17, 15) is 22.8 Å². The van der Waals surface area contributed by atoms with E-state index >= 15 is 0 Å². The second-order valence-electron chi connectivity index (χ2n) is 5.48. The summed E-state index contributed by atoms with van der Waals surface area (Å²) >= 11 is 0. The normalized spacial score (nSPS) is 17.1. The molecule has 5 nitrogen and oxygen atoms in total. The van der Waals surface area contributed by atoms with Crippen LogP contribution in [0.25, 0.3) is 0 Å². The lowest BCUT2D eigenvalue weighted by molar-refractivity contribution is -0.137. The molecule has 0 aliphatic carbocycles. The van der Waals surface area contributed by atoms with Gasteiger partial charge in [-0.1, -0.05) is 0 Å². The van der Waals surface area contributed by atoms with Crippen molar-refractivity contribution in [1.29, 1.82) is 0 Å². The summed E-state index contributed by atoms with van der Waals surface area (Å²) in [6.45, 7) is 3.00. The minimum absolute atomic E-state index is 0.174. The molecule has 0 unspecified atom stereocenters. The zero-order valence-corrected chi connectivity index (χ0v) is 12.6. The second-order valence-corrected chi connectivity index (χ2v) is 5.48. The van der Waals surface area contributed by atoms with Gasteiger partial charge in [-0.05, 0) is 31.2 Å². The number of carbonyl (C=O) groups excluding carboxylic acids is 2. The van der Waals surface area contributed by atoms with Crippen molar-refractivity contribution < 1.29 is 22.8 Å². The quantitative estimate of drug-likeness (QED) is 0.890. The molecule has 0 bridgehead atoms. The minimum atomic E-state index is -4.42. The zero-order valence-electron chi connectivity index (χ0n) is 12.6. The summed E-state index contributed by atoms with van der Waals surface area (Å²) in [5.74, 6) is -0.516. The van der Waals surface area contributed by atoms with Gasteiger partial charge in [-0.25, -0.2) is 0 Å². The van der Waals surface area contributed by atoms with Gasteiger partial charge in [0.25, 0.3) is 5.91 Å². The number of halogens is 3. The van der Waals surface area contributed by atoms with Crippen LogP contribution in [0.4, 0.5) is 13.2 Å². The lowest BCUT2D eigenvalue weighted by Gasteiger charge is -2.35. The lowest BCUT2D eigenvalue weighted by atomic mass is 10.1. The first-order chi connectivity index (χ1) is 10.7. The van der Waals surface area contributed by atoms with Crippen LogP contribution in [0, 0.1) is 0 Å². The SMILES string of the molecule is C[C@@H](N)C(=O)N1CCN(C(=O)c2ccc(C(F)(F)F)cc2)CC1. The standard InChI is InChI=1S/C15H18F3N3O2/c1-10(19)13(22)20-6-8-21(9-7-20)14(23)11-2-4-12(5-3-11)15(16,17)18/h2-5,10H,6-9,19H2,1H3/t10-/m1/s1. The highest BCUT2D eigenvalue weighted by atomic mass is 19.4. The van der Waals surface area contributed by atoms with Crippen LogP contribution in [0.3, 0.4) is 0 Å². The molecular weight excluding hydrogens is 311 g/mol. The van der Waals surface area contributed by atoms with Crippen LogP contribution in [0.1, 0.15) is 22.8 Å². The van der Waals surface area contributed by atoms with E-state index in [1.54, 1.807) is 11.8 Å². The van der Waals surface area contributed by atoms with Crippen LogP contribution in [-0.4, -0.2) is 53.8 Å². The van der Waals surface area contributed by atoms with Crippen LogP contribution >= 0.6 is 0 Å². The average Bonchev–Trinajstić information content (AvgIpc) is 2.53. The number of hydrogen-bond donors (Lipinski definition) is 1. The Morgan fingerprint density at radius 1 is 1.04 bits per heavy atom. The molecule has 0 radical (unpaired) electrons. The molecule has 1 aliphatic rings. The Bertz CT molecular complexity index is 577. The number of hydrogen-bond acceptors (Lipinski definition) is 3. The maximum Gasteiger partial charge on any atom is 0.416 e. The summed E-state index contributed by atoms with van der Waals surface area (Å²) in [4.78, 5) is 27.2. The first-order valence-corrected chi connectivity index (χ1v) is 7.21. The van der Waals surface area contributed by atoms with Gasteiger partial charge in [-0.2, -0.15) is 13.2 Å². The molecule has 1 aromatic carbocycles. The Kier molecular flexibility index (Phi) is 4.93. The highest BCUT2D eigenvalue weighted by molar-refractivity contribution is 5.94. The number of benzene rings is 1. The molecule has 2 rings (SSSR count). The molecule has 1 atom stereocenters. The van der Waals surface area contributed by atoms with E-state index in [1.165, 1.54) is 17.0 Å². The Morgan fingerprint density at radius 3 is 1.96 bits per heavy atom. The molecule has 1 aromatic rings. The third kappa shape index (κ3) is 4.01. The minimum Gasteiger partial charge on any atom is -0.338 e. The maximum atomic E-state index is 12.5. The van der Waals surface area contributed by atoms with E-state index in [-0.39, 0.29) is 17.4 Å². The molecule has 23 heavy (non-hydrogen) atoms. The van der Waals surface area contributed by atoms with Gasteiger partial charge in [0, 0.05) is 31.7 Å². The average molecular weight is 329 g/mol. The Labute approximate surface area is 131 Å². The number of carbonyl (C=O) groups is 2. The zero-order chi connectivity index (χ0) is 17.2. The predicted octanol–water partition coefficient (Wildman–Crippen LogP) is 1.34. The molecule has 8 heteroatoms. The maximum absolute atomic E-state index is 12.5. The fourth-order valence-electron chi connectivity index (χ4n) is 2.40. The van der Waals surface area contributed by atoms with Gasteiger partial charge >= 0.3 is 6.18 Å². The van der Waals surface area contributed by atoms with Crippen LogP contribution in [0.5, 0.6) is 0 Å². The van der Waals surface area contributed by atoms with E-state index in [4.69, 9.17) is 5.73 Å². The number of piperazine rings is 1. The molecule has 1 heterocycles. The van der Waals surface area contributed by atoms with E-state index in [1.807, 2.05) is 0 Å². The van der Waals surface area contributed by atoms with Crippen molar-refractivity contribution in [1.82, 2.24) is 9.80 Å². The monoisotopic (exact) mass is 329 g/mol. The van der Waals surface area contributed by atoms with Gasteiger partial charge in [0.05, 0.1) is 11.6 Å². The van der Waals surface area contributed by atoms with E-state index in [0.717, 1.165) is 12.1 Å². The molecular formula is C15H18F3N3O2. The van der Waals surface area contributed by atoms with Gasteiger partial charge in [-0.3, -0.25) is 9.59 Å². The van der Waals surface area contributed by atoms with Crippen molar-refractivity contribution in [3.63, 3.8) is 0 Å². The van der Waals surface area contributed by atoms with Crippen molar-refractivity contribution >= 4 is 11.8 Å². The third-order valence-electron chi connectivity index (χ3n) is 3.73. The molecule has 2 amide bonds. The summed E-state index contributed by atoms with van der Waals surface area (Å²) < 4.78 is 37.5. The number of nitrogens with zero attached hydrogens (tertiary/aromatic N) is 2. The second kappa shape index (κ2) is 6.57. The van der Waals surface area contributed by atoms with Gasteiger partial charge in [0.2, 0.25) is 5.91 Å². The topological polar surface area (TPSA) is 66.6 Å². The summed E-state index contributed by atoms with van der Waals surface area (Å²) in [6, 6.07) is 3.54. The van der Waals surface area contributed by atoms with Gasteiger partial charge in [-0.15, -0.1) is 0 Å². The first-order valence-electron chi connectivity index (χ1n) is 7.21. The molecule has 126 valence electrons. The van der Waals surface area contributed by atoms with Gasteiger partial charge in [0.1, 0.15) is 0 Å². The Balaban J connectivity index is 1.99.